The van der Waals surface area contributed by atoms with Crippen molar-refractivity contribution in [1.82, 2.24) is 0 Å². The van der Waals surface area contributed by atoms with Crippen LogP contribution >= 0.6 is 31.9 Å². The van der Waals surface area contributed by atoms with Crippen LogP contribution in [0.25, 0.3) is 0 Å². The van der Waals surface area contributed by atoms with E-state index >= 15 is 0 Å². The van der Waals surface area contributed by atoms with Gasteiger partial charge in [-0.15, -0.1) is 0 Å². The molecule has 206 valence electrons. The normalized spacial score (nSPS) is 11.9. The Morgan fingerprint density at radius 2 is 1.23 bits per heavy atom. The SMILES string of the molecule is CC.CCC(C)(CC)Cc1cc(OCCCCBr)c(C(CC)(CC)C(C)C)cc1OCCCCBr. The highest BCUT2D eigenvalue weighted by molar-refractivity contribution is 9.09. The second kappa shape index (κ2) is 18.9. The molecule has 0 aliphatic carbocycles. The largest absolute Gasteiger partial charge is 0.493 e. The smallest absolute Gasteiger partial charge is 0.123 e. The summed E-state index contributed by atoms with van der Waals surface area (Å²) >= 11 is 7.10. The number of hydrogen-bond acceptors (Lipinski definition) is 2. The molecule has 1 aromatic rings. The highest BCUT2D eigenvalue weighted by Crippen LogP contribution is 2.47. The Kier molecular flexibility index (Phi) is 18.8. The summed E-state index contributed by atoms with van der Waals surface area (Å²) in [5.41, 5.74) is 3.02. The average Bonchev–Trinajstić information content (AvgIpc) is 2.88. The number of rotatable bonds is 18. The van der Waals surface area contributed by atoms with Gasteiger partial charge in [0.25, 0.3) is 0 Å². The summed E-state index contributed by atoms with van der Waals surface area (Å²) in [6, 6.07) is 4.71. The molecule has 0 N–H and O–H groups in total. The van der Waals surface area contributed by atoms with Crippen molar-refractivity contribution in [2.45, 2.75) is 126 Å². The number of alkyl halides is 2. The van der Waals surface area contributed by atoms with Gasteiger partial charge in [0.1, 0.15) is 11.5 Å². The standard InChI is InChI=1S/C29H50Br2O2.C2H6/c1-8-28(7,9-2)22-24-20-27(33-19-15-13-17-31)25(29(10-3,11-4)23(5)6)21-26(24)32-18-14-12-16-30;1-2/h20-21,23H,8-19,22H2,1-7H3;1-2H3. The molecule has 35 heavy (non-hydrogen) atoms. The van der Waals surface area contributed by atoms with Gasteiger partial charge in [-0.25, -0.2) is 0 Å². The maximum absolute atomic E-state index is 6.54. The van der Waals surface area contributed by atoms with E-state index in [-0.39, 0.29) is 10.8 Å². The lowest BCUT2D eigenvalue weighted by atomic mass is 9.67. The Hall–Kier alpha value is -0.220. The number of benzene rings is 1. The third kappa shape index (κ3) is 10.6. The van der Waals surface area contributed by atoms with Gasteiger partial charge in [-0.05, 0) is 74.0 Å². The summed E-state index contributed by atoms with van der Waals surface area (Å²) in [4.78, 5) is 0. The maximum atomic E-state index is 6.54. The molecule has 0 radical (unpaired) electrons. The number of ether oxygens (including phenoxy) is 2. The molecular weight excluding hydrogens is 564 g/mol. The first-order chi connectivity index (χ1) is 16.8. The van der Waals surface area contributed by atoms with E-state index in [0.717, 1.165) is 93.2 Å². The molecule has 0 unspecified atom stereocenters. The lowest BCUT2D eigenvalue weighted by Gasteiger charge is -2.39. The van der Waals surface area contributed by atoms with E-state index in [1.807, 2.05) is 13.8 Å². The van der Waals surface area contributed by atoms with Crippen molar-refractivity contribution in [3.8, 4) is 11.5 Å². The molecule has 0 bridgehead atoms. The van der Waals surface area contributed by atoms with Crippen LogP contribution in [0, 0.1) is 11.3 Å². The minimum Gasteiger partial charge on any atom is -0.493 e. The molecule has 0 saturated heterocycles. The van der Waals surface area contributed by atoms with Crippen LogP contribution in [-0.4, -0.2) is 23.9 Å². The lowest BCUT2D eigenvalue weighted by molar-refractivity contribution is 0.247. The third-order valence-electron chi connectivity index (χ3n) is 7.96. The first-order valence-electron chi connectivity index (χ1n) is 14.3. The first kappa shape index (κ1) is 34.8. The second-order valence-corrected chi connectivity index (χ2v) is 11.7. The van der Waals surface area contributed by atoms with E-state index in [1.165, 1.54) is 11.1 Å². The molecule has 2 nitrogen and oxygen atoms in total. The van der Waals surface area contributed by atoms with E-state index in [9.17, 15) is 0 Å². The molecule has 0 aliphatic heterocycles. The Labute approximate surface area is 236 Å². The first-order valence-corrected chi connectivity index (χ1v) is 16.6. The Morgan fingerprint density at radius 3 is 1.63 bits per heavy atom. The predicted molar refractivity (Wildman–Crippen MR) is 164 cm³/mol. The Morgan fingerprint density at radius 1 is 0.743 bits per heavy atom. The molecule has 0 amide bonds. The molecule has 1 aromatic carbocycles. The summed E-state index contributed by atoms with van der Waals surface area (Å²) in [5.74, 6) is 2.69. The van der Waals surface area contributed by atoms with Crippen molar-refractivity contribution in [2.24, 2.45) is 11.3 Å². The monoisotopic (exact) mass is 618 g/mol. The molecule has 0 atom stereocenters. The second-order valence-electron chi connectivity index (χ2n) is 10.2. The molecule has 1 rings (SSSR count). The summed E-state index contributed by atoms with van der Waals surface area (Å²) in [5, 5.41) is 2.06. The average molecular weight is 621 g/mol. The van der Waals surface area contributed by atoms with Crippen molar-refractivity contribution in [3.63, 3.8) is 0 Å². The van der Waals surface area contributed by atoms with Crippen molar-refractivity contribution >= 4 is 31.9 Å². The summed E-state index contributed by atoms with van der Waals surface area (Å²) in [7, 11) is 0. The minimum atomic E-state index is 0.0933. The zero-order valence-corrected chi connectivity index (χ0v) is 27.7. The molecule has 0 aliphatic rings. The minimum absolute atomic E-state index is 0.0933. The van der Waals surface area contributed by atoms with E-state index in [1.54, 1.807) is 0 Å². The quantitative estimate of drug-likeness (QED) is 0.120. The van der Waals surface area contributed by atoms with Crippen molar-refractivity contribution in [2.75, 3.05) is 23.9 Å². The van der Waals surface area contributed by atoms with Crippen molar-refractivity contribution in [1.29, 1.82) is 0 Å². The fourth-order valence-corrected chi connectivity index (χ4v) is 5.65. The van der Waals surface area contributed by atoms with Crippen LogP contribution in [0.1, 0.15) is 125 Å². The van der Waals surface area contributed by atoms with Crippen LogP contribution in [0.4, 0.5) is 0 Å². The number of halogens is 2. The van der Waals surface area contributed by atoms with Gasteiger partial charge in [-0.1, -0.05) is 107 Å². The van der Waals surface area contributed by atoms with E-state index in [0.29, 0.717) is 5.92 Å². The maximum Gasteiger partial charge on any atom is 0.123 e. The van der Waals surface area contributed by atoms with E-state index in [4.69, 9.17) is 9.47 Å². The van der Waals surface area contributed by atoms with Gasteiger partial charge in [0.05, 0.1) is 13.2 Å². The highest BCUT2D eigenvalue weighted by atomic mass is 79.9. The number of hydrogen-bond donors (Lipinski definition) is 0. The van der Waals surface area contributed by atoms with Gasteiger partial charge in [-0.3, -0.25) is 0 Å². The van der Waals surface area contributed by atoms with Crippen LogP contribution < -0.4 is 9.47 Å². The van der Waals surface area contributed by atoms with Gasteiger partial charge in [0.15, 0.2) is 0 Å². The summed E-state index contributed by atoms with van der Waals surface area (Å²) in [6.07, 6.45) is 9.96. The van der Waals surface area contributed by atoms with E-state index < -0.39 is 0 Å². The zero-order chi connectivity index (χ0) is 26.9. The number of unbranched alkanes of at least 4 members (excludes halogenated alkanes) is 2. The van der Waals surface area contributed by atoms with Crippen LogP contribution in [0.5, 0.6) is 11.5 Å². The van der Waals surface area contributed by atoms with Crippen LogP contribution in [-0.2, 0) is 11.8 Å². The van der Waals surface area contributed by atoms with Gasteiger partial charge >= 0.3 is 0 Å². The zero-order valence-electron chi connectivity index (χ0n) is 24.5. The molecule has 0 fully saturated rings. The molecule has 0 spiro atoms. The molecule has 4 heteroatoms. The lowest BCUT2D eigenvalue weighted by Crippen LogP contribution is -2.32. The fourth-order valence-electron chi connectivity index (χ4n) is 4.86. The third-order valence-corrected chi connectivity index (χ3v) is 9.08. The molecule has 0 saturated carbocycles. The summed E-state index contributed by atoms with van der Waals surface area (Å²) in [6.45, 7) is 21.9. The van der Waals surface area contributed by atoms with Crippen LogP contribution in [0.2, 0.25) is 0 Å². The van der Waals surface area contributed by atoms with Crippen molar-refractivity contribution < 1.29 is 9.47 Å². The van der Waals surface area contributed by atoms with Crippen LogP contribution in [0.3, 0.4) is 0 Å². The van der Waals surface area contributed by atoms with Gasteiger partial charge in [0, 0.05) is 21.6 Å². The predicted octanol–water partition coefficient (Wildman–Crippen LogP) is 10.9. The van der Waals surface area contributed by atoms with Gasteiger partial charge in [0.2, 0.25) is 0 Å². The molecule has 0 aromatic heterocycles. The fraction of sp³-hybridized carbons (Fsp3) is 0.806. The Balaban J connectivity index is 0.00000562. The molecular formula is C31H56Br2O2. The Bertz CT molecular complexity index is 664. The van der Waals surface area contributed by atoms with Crippen LogP contribution in [0.15, 0.2) is 12.1 Å². The summed E-state index contributed by atoms with van der Waals surface area (Å²) < 4.78 is 13.0. The van der Waals surface area contributed by atoms with Crippen molar-refractivity contribution in [3.05, 3.63) is 23.3 Å². The topological polar surface area (TPSA) is 18.5 Å². The molecule has 0 heterocycles. The highest BCUT2D eigenvalue weighted by Gasteiger charge is 2.36. The van der Waals surface area contributed by atoms with Gasteiger partial charge < -0.3 is 9.47 Å². The van der Waals surface area contributed by atoms with E-state index in [2.05, 4.69) is 92.5 Å². The van der Waals surface area contributed by atoms with Gasteiger partial charge in [-0.2, -0.15) is 0 Å².